The monoisotopic (exact) mass is 1740 g/mol. The van der Waals surface area contributed by atoms with Gasteiger partial charge in [-0.1, -0.05) is 203 Å². The van der Waals surface area contributed by atoms with Crippen LogP contribution in [0, 0.1) is 136 Å². The number of pyridine rings is 6. The van der Waals surface area contributed by atoms with Gasteiger partial charge >= 0.3 is 0 Å². The summed E-state index contributed by atoms with van der Waals surface area (Å²) in [6, 6.07) is 87.8. The van der Waals surface area contributed by atoms with E-state index in [1.165, 1.54) is 171 Å². The van der Waals surface area contributed by atoms with Crippen LogP contribution in [0.2, 0.25) is 0 Å². The smallest absolute Gasteiger partial charge is 0.200 e. The van der Waals surface area contributed by atoms with E-state index in [2.05, 4.69) is 387 Å². The van der Waals surface area contributed by atoms with Crippen LogP contribution >= 0.6 is 0 Å². The van der Waals surface area contributed by atoms with E-state index in [9.17, 15) is 0 Å². The van der Waals surface area contributed by atoms with Gasteiger partial charge in [0.2, 0.25) is 45.2 Å². The van der Waals surface area contributed by atoms with E-state index in [0.29, 0.717) is 28.5 Å². The number of nitrogens with zero attached hydrogens (tertiary/aromatic N) is 6. The van der Waals surface area contributed by atoms with E-state index in [0.717, 1.165) is 67.6 Å². The molecule has 6 heterocycles. The summed E-state index contributed by atoms with van der Waals surface area (Å²) in [5.74, 6) is 1.09. The van der Waals surface area contributed by atoms with Gasteiger partial charge in [0.1, 0.15) is 42.3 Å². The van der Waals surface area contributed by atoms with Gasteiger partial charge < -0.3 is 0 Å². The summed E-state index contributed by atoms with van der Waals surface area (Å²) in [5.41, 5.74) is 40.1. The van der Waals surface area contributed by atoms with Crippen LogP contribution < -0.4 is 27.4 Å². The Labute approximate surface area is 795 Å². The highest BCUT2D eigenvalue weighted by Gasteiger charge is 2.26. The van der Waals surface area contributed by atoms with E-state index in [1.54, 1.807) is 12.1 Å². The van der Waals surface area contributed by atoms with Crippen LogP contribution in [0.1, 0.15) is 175 Å². The Hall–Kier alpha value is -12.9. The fourth-order valence-corrected chi connectivity index (χ4v) is 19.0. The minimum absolute atomic E-state index is 0.154. The predicted molar refractivity (Wildman–Crippen MR) is 560 cm³/mol. The fourth-order valence-electron chi connectivity index (χ4n) is 19.0. The maximum Gasteiger partial charge on any atom is 0.220 e. The summed E-state index contributed by atoms with van der Waals surface area (Å²) in [5, 5.41) is 12.6. The second kappa shape index (κ2) is 41.0. The van der Waals surface area contributed by atoms with Gasteiger partial charge in [0.25, 0.3) is 0 Å². The van der Waals surface area contributed by atoms with Crippen molar-refractivity contribution >= 4 is 64.9 Å². The van der Waals surface area contributed by atoms with Crippen LogP contribution in [0.15, 0.2) is 274 Å². The third-order valence-corrected chi connectivity index (χ3v) is 26.4. The van der Waals surface area contributed by atoms with Gasteiger partial charge in [0.05, 0.1) is 43.6 Å². The van der Waals surface area contributed by atoms with Crippen molar-refractivity contribution in [2.24, 2.45) is 54.1 Å². The Morgan fingerprint density at radius 3 is 1.13 bits per heavy atom. The maximum atomic E-state index is 8.55. The average Bonchev–Trinajstić information content (AvgIpc) is 0.752. The van der Waals surface area contributed by atoms with Gasteiger partial charge in [0, 0.05) is 81.6 Å². The third kappa shape index (κ3) is 21.1. The first kappa shape index (κ1) is 84.9. The maximum absolute atomic E-state index is 8.55. The molecule has 0 unspecified atom stereocenters. The second-order valence-corrected chi connectivity index (χ2v) is 37.9. The third-order valence-electron chi connectivity index (χ3n) is 26.4. The Kier molecular flexibility index (Phi) is 26.6. The molecule has 6 nitrogen and oxygen atoms in total. The molecule has 0 spiro atoms. The molecule has 6 aromatic heterocycles. The van der Waals surface area contributed by atoms with Crippen molar-refractivity contribution in [2.75, 3.05) is 0 Å². The summed E-state index contributed by atoms with van der Waals surface area (Å²) >= 11 is 0. The molecule has 0 aliphatic rings. The number of rotatable bonds is 11. The van der Waals surface area contributed by atoms with Crippen LogP contribution in [-0.2, 0) is 55.1 Å². The highest BCUT2D eigenvalue weighted by Crippen LogP contribution is 2.38. The first-order chi connectivity index (χ1) is 65.5. The van der Waals surface area contributed by atoms with E-state index in [1.807, 2.05) is 96.6 Å². The van der Waals surface area contributed by atoms with Crippen LogP contribution in [0.3, 0.4) is 0 Å². The van der Waals surface area contributed by atoms with Crippen LogP contribution in [0.25, 0.3) is 132 Å². The Morgan fingerprint density at radius 2 is 0.656 bits per heavy atom. The molecule has 0 atom stereocenters. The van der Waals surface area contributed by atoms with E-state index in [4.69, 9.17) is 11.0 Å². The number of hydrogen-bond donors (Lipinski definition) is 0. The quantitative estimate of drug-likeness (QED) is 0.115. The summed E-state index contributed by atoms with van der Waals surface area (Å²) in [6.45, 7) is 42.4. The number of hydrogen-bond acceptors (Lipinski definition) is 0. The zero-order valence-electron chi connectivity index (χ0n) is 91.1. The summed E-state index contributed by atoms with van der Waals surface area (Å²) in [6.07, 6.45) is 8.34. The summed E-state index contributed by atoms with van der Waals surface area (Å²) in [4.78, 5) is 0. The Bertz CT molecular complexity index is 7720. The van der Waals surface area contributed by atoms with Crippen molar-refractivity contribution in [1.82, 2.24) is 0 Å². The van der Waals surface area contributed by atoms with E-state index in [-0.39, 0.29) is 5.92 Å². The van der Waals surface area contributed by atoms with Crippen molar-refractivity contribution in [3.8, 4) is 67.5 Å². The molecule has 0 bridgehead atoms. The van der Waals surface area contributed by atoms with Gasteiger partial charge in [-0.25, -0.2) is 18.3 Å². The molecular weight excluding hydrogens is 1590 g/mol. The zero-order chi connectivity index (χ0) is 101. The first-order valence-corrected chi connectivity index (χ1v) is 46.5. The molecule has 18 aromatic rings. The van der Waals surface area contributed by atoms with Crippen molar-refractivity contribution < 1.29 is 38.4 Å². The lowest BCUT2D eigenvalue weighted by molar-refractivity contribution is -0.659. The second-order valence-electron chi connectivity index (χ2n) is 37.9. The largest absolute Gasteiger partial charge is 0.220 e. The van der Waals surface area contributed by atoms with Gasteiger partial charge in [-0.3, -0.25) is 0 Å². The average molecular weight is 1740 g/mol. The number of aryl methyl sites for hydroxylation is 19. The number of benzene rings is 12. The van der Waals surface area contributed by atoms with Gasteiger partial charge in [-0.05, 0) is 332 Å². The van der Waals surface area contributed by atoms with Gasteiger partial charge in [-0.2, -0.15) is 9.13 Å². The normalized spacial score (nSPS) is 12.5. The standard InChI is InChI=1S/2C23H28N.C22H26N.C21H24N.C19H20N.C17H16N/c1-15(2)11-19-7-8-21-20(14-19)9-10-24(6)23(21)22-13-16(3)12-17(4)18(22)5;1-15(2)12-19-8-7-9-22-20(19)10-11-23(24(22)6)21-14-16(3)13-17(4)18(21)5;1-14(2)18-7-8-20-19(13-18)9-10-23(6)22(20)21-12-15(3)11-16(4)17(21)5;1-13-10-15(3)17(5)18(11-13)20-12-16(4)21-14(2)8-7-9-19(21)22(20)6;1-13-11-14(2)15(3)18(12-13)19-17-8-6-5-7-16(17)9-10-20(19)4;1-13-7-3-5-9-15(13)17-16-10-6-4-8-14(16)11-12-18(17)2/h7-10,12-15H,11H2,1-6H3;7-11,13-15H,12H2,1-6H3;7-14H,1-6H3;7-12H,1-6H3;5-12H,1-4H3;3-12H,1-2H3/q6*+1/i;4D3,12D2;;3D3;;. The zero-order valence-corrected chi connectivity index (χ0v) is 83.1. The molecule has 0 aliphatic heterocycles. The summed E-state index contributed by atoms with van der Waals surface area (Å²) in [7, 11) is 12.5. The lowest BCUT2D eigenvalue weighted by Crippen LogP contribution is -2.32. The molecule has 0 saturated carbocycles. The number of aromatic nitrogens is 6. The first-order valence-electron chi connectivity index (χ1n) is 50.5. The number of fused-ring (bicyclic) bond motifs is 6. The molecule has 131 heavy (non-hydrogen) atoms. The molecule has 0 aliphatic carbocycles. The molecule has 666 valence electrons. The molecule has 0 fully saturated rings. The highest BCUT2D eigenvalue weighted by atomic mass is 15.0. The van der Waals surface area contributed by atoms with Crippen LogP contribution in [0.5, 0.6) is 0 Å². The van der Waals surface area contributed by atoms with Crippen LogP contribution in [0.4, 0.5) is 0 Å². The lowest BCUT2D eigenvalue weighted by atomic mass is 9.93. The van der Waals surface area contributed by atoms with Crippen molar-refractivity contribution in [2.45, 2.75) is 185 Å². The van der Waals surface area contributed by atoms with E-state index < -0.39 is 20.1 Å². The fraction of sp³-hybridized carbons (Fsp3) is 0.280. The molecule has 0 radical (unpaired) electrons. The minimum Gasteiger partial charge on any atom is -0.200 e. The van der Waals surface area contributed by atoms with Crippen molar-refractivity contribution in [1.29, 1.82) is 0 Å². The molecular formula is C125H142N6+6. The molecule has 0 saturated heterocycles. The Balaban J connectivity index is 0.000000141. The van der Waals surface area contributed by atoms with Gasteiger partial charge in [-0.15, -0.1) is 0 Å². The summed E-state index contributed by atoms with van der Waals surface area (Å²) < 4.78 is 77.4. The van der Waals surface area contributed by atoms with Crippen molar-refractivity contribution in [3.63, 3.8) is 0 Å². The molecule has 6 heteroatoms. The topological polar surface area (TPSA) is 23.3 Å². The minimum atomic E-state index is -2.17. The van der Waals surface area contributed by atoms with Crippen molar-refractivity contribution in [3.05, 3.63) is 390 Å². The molecule has 12 aromatic carbocycles. The van der Waals surface area contributed by atoms with E-state index >= 15 is 0 Å². The van der Waals surface area contributed by atoms with Gasteiger partial charge in [0.15, 0.2) is 24.8 Å². The Morgan fingerprint density at radius 1 is 0.275 bits per heavy atom. The molecule has 0 N–H and O–H groups in total. The predicted octanol–water partition coefficient (Wildman–Crippen LogP) is 29.1. The highest BCUT2D eigenvalue weighted by molar-refractivity contribution is 5.98. The lowest BCUT2D eigenvalue weighted by Gasteiger charge is -2.12. The SMILES string of the molecule is Cc1cc(C)c(C)c(-c2c3ccc(C(C)C)cc3cc[n+]2C)c1.Cc1cc(C)c(C)c(-c2c3ccc(CC(C)C)cc3cc[n+]2C)c1.Cc1cc(C)c(C)c(-c2c3ccccc3cc[n+]2C)c1.Cc1ccccc1-c1c2ccccc2cc[n+]1C.[2H]C([2H])([2H])c1cc(C)cc(-c2cc(C)c3c(C)cccc3[n+]2C)c1C.[2H]C([2H])([2H])c1cc(C)cc(-c2ccc3c(C([2H])([2H])C(C)C)cccc3[n+]2C)c1C. The van der Waals surface area contributed by atoms with Crippen LogP contribution in [-0.4, -0.2) is 0 Å². The molecule has 0 amide bonds. The molecule has 18 rings (SSSR count).